The van der Waals surface area contributed by atoms with Crippen LogP contribution >= 0.6 is 0 Å². The largest absolute Gasteiger partial charge is 0.369 e. The monoisotopic (exact) mass is 334 g/mol. The van der Waals surface area contributed by atoms with Gasteiger partial charge in [0.15, 0.2) is 5.96 Å². The summed E-state index contributed by atoms with van der Waals surface area (Å²) in [6.45, 7) is 8.33. The molecule has 1 aliphatic carbocycles. The molecule has 0 bridgehead atoms. The lowest BCUT2D eigenvalue weighted by molar-refractivity contribution is -0.135. The lowest BCUT2D eigenvalue weighted by atomic mass is 9.90. The minimum absolute atomic E-state index is 0.0326. The highest BCUT2D eigenvalue weighted by Gasteiger charge is 2.45. The van der Waals surface area contributed by atoms with Gasteiger partial charge in [-0.05, 0) is 50.9 Å². The number of amides is 2. The second-order valence-electron chi connectivity index (χ2n) is 8.30. The SMILES string of the molecule is CC(C)CC1(C)N=C(N)N(CC2CCN(C(=O)C3CC3)CC2)C1=O. The number of nitrogens with two attached hydrogens (primary N) is 1. The molecule has 0 spiro atoms. The van der Waals surface area contributed by atoms with Crippen molar-refractivity contribution < 1.29 is 9.59 Å². The maximum absolute atomic E-state index is 12.8. The van der Waals surface area contributed by atoms with Crippen molar-refractivity contribution in [2.75, 3.05) is 19.6 Å². The number of rotatable bonds is 5. The van der Waals surface area contributed by atoms with Gasteiger partial charge in [0, 0.05) is 25.6 Å². The summed E-state index contributed by atoms with van der Waals surface area (Å²) >= 11 is 0. The minimum Gasteiger partial charge on any atom is -0.369 e. The molecule has 24 heavy (non-hydrogen) atoms. The number of carbonyl (C=O) groups is 2. The fourth-order valence-corrected chi connectivity index (χ4v) is 4.04. The maximum atomic E-state index is 12.8. The molecule has 6 heteroatoms. The zero-order chi connectivity index (χ0) is 17.5. The smallest absolute Gasteiger partial charge is 0.257 e. The Hall–Kier alpha value is -1.59. The zero-order valence-corrected chi connectivity index (χ0v) is 15.1. The van der Waals surface area contributed by atoms with Crippen molar-refractivity contribution in [3.8, 4) is 0 Å². The van der Waals surface area contributed by atoms with Gasteiger partial charge in [0.1, 0.15) is 5.54 Å². The molecule has 3 rings (SSSR count). The normalized spacial score (nSPS) is 28.7. The number of likely N-dealkylation sites (tertiary alicyclic amines) is 1. The van der Waals surface area contributed by atoms with Crippen LogP contribution in [0.25, 0.3) is 0 Å². The Labute approximate surface area is 144 Å². The molecule has 2 aliphatic heterocycles. The molecule has 0 aromatic heterocycles. The zero-order valence-electron chi connectivity index (χ0n) is 15.1. The van der Waals surface area contributed by atoms with Gasteiger partial charge >= 0.3 is 0 Å². The summed E-state index contributed by atoms with van der Waals surface area (Å²) in [6, 6.07) is 0. The fraction of sp³-hybridized carbons (Fsp3) is 0.833. The molecule has 134 valence electrons. The first kappa shape index (κ1) is 17.2. The van der Waals surface area contributed by atoms with Gasteiger partial charge in [-0.2, -0.15) is 0 Å². The molecular weight excluding hydrogens is 304 g/mol. The molecule has 1 unspecified atom stereocenters. The van der Waals surface area contributed by atoms with Crippen LogP contribution in [0.15, 0.2) is 4.99 Å². The molecule has 3 aliphatic rings. The van der Waals surface area contributed by atoms with Crippen LogP contribution in [0.2, 0.25) is 0 Å². The molecule has 0 aromatic rings. The molecule has 1 saturated carbocycles. The molecule has 2 heterocycles. The van der Waals surface area contributed by atoms with Crippen molar-refractivity contribution in [2.24, 2.45) is 28.5 Å². The van der Waals surface area contributed by atoms with E-state index < -0.39 is 5.54 Å². The van der Waals surface area contributed by atoms with Gasteiger partial charge in [0.2, 0.25) is 5.91 Å². The van der Waals surface area contributed by atoms with E-state index >= 15 is 0 Å². The number of nitrogens with zero attached hydrogens (tertiary/aromatic N) is 3. The molecule has 0 aromatic carbocycles. The predicted molar refractivity (Wildman–Crippen MR) is 93.2 cm³/mol. The van der Waals surface area contributed by atoms with Gasteiger partial charge in [-0.25, -0.2) is 4.99 Å². The van der Waals surface area contributed by atoms with Crippen LogP contribution in [-0.4, -0.2) is 52.7 Å². The average Bonchev–Trinajstić information content (AvgIpc) is 3.32. The first-order valence-electron chi connectivity index (χ1n) is 9.26. The molecule has 2 amide bonds. The molecule has 6 nitrogen and oxygen atoms in total. The number of hydrogen-bond acceptors (Lipinski definition) is 4. The van der Waals surface area contributed by atoms with Crippen molar-refractivity contribution in [2.45, 2.75) is 58.4 Å². The second-order valence-corrected chi connectivity index (χ2v) is 8.30. The van der Waals surface area contributed by atoms with Gasteiger partial charge in [0.05, 0.1) is 0 Å². The highest BCUT2D eigenvalue weighted by molar-refractivity contribution is 6.06. The van der Waals surface area contributed by atoms with E-state index in [9.17, 15) is 9.59 Å². The summed E-state index contributed by atoms with van der Waals surface area (Å²) < 4.78 is 0. The number of aliphatic imine (C=N–C) groups is 1. The first-order chi connectivity index (χ1) is 11.3. The van der Waals surface area contributed by atoms with E-state index in [4.69, 9.17) is 5.73 Å². The van der Waals surface area contributed by atoms with Crippen LogP contribution in [0.3, 0.4) is 0 Å². The minimum atomic E-state index is -0.707. The topological polar surface area (TPSA) is 79.0 Å². The van der Waals surface area contributed by atoms with Gasteiger partial charge in [-0.15, -0.1) is 0 Å². The third-order valence-electron chi connectivity index (χ3n) is 5.44. The van der Waals surface area contributed by atoms with Crippen LogP contribution in [0.4, 0.5) is 0 Å². The van der Waals surface area contributed by atoms with Gasteiger partial charge in [0.25, 0.3) is 5.91 Å². The highest BCUT2D eigenvalue weighted by atomic mass is 16.2. The fourth-order valence-electron chi connectivity index (χ4n) is 4.04. The van der Waals surface area contributed by atoms with Gasteiger partial charge in [-0.3, -0.25) is 14.5 Å². The molecule has 1 saturated heterocycles. The Morgan fingerprint density at radius 1 is 1.29 bits per heavy atom. The maximum Gasteiger partial charge on any atom is 0.257 e. The Balaban J connectivity index is 1.54. The Bertz CT molecular complexity index is 547. The van der Waals surface area contributed by atoms with Crippen LogP contribution in [0.5, 0.6) is 0 Å². The average molecular weight is 334 g/mol. The number of carbonyl (C=O) groups excluding carboxylic acids is 2. The van der Waals surface area contributed by atoms with E-state index in [1.165, 1.54) is 0 Å². The lowest BCUT2D eigenvalue weighted by Gasteiger charge is -2.34. The first-order valence-corrected chi connectivity index (χ1v) is 9.26. The third-order valence-corrected chi connectivity index (χ3v) is 5.44. The van der Waals surface area contributed by atoms with Gasteiger partial charge < -0.3 is 10.6 Å². The highest BCUT2D eigenvalue weighted by Crippen LogP contribution is 2.33. The van der Waals surface area contributed by atoms with E-state index in [0.717, 1.165) is 45.2 Å². The summed E-state index contributed by atoms with van der Waals surface area (Å²) in [5.74, 6) is 1.81. The standard InChI is InChI=1S/C18H30N4O2/c1-12(2)10-18(3)16(24)22(17(19)20-18)11-13-6-8-21(9-7-13)15(23)14-4-5-14/h12-14H,4-11H2,1-3H3,(H2,19,20). The molecule has 0 radical (unpaired) electrons. The van der Waals surface area contributed by atoms with Crippen LogP contribution in [0, 0.1) is 17.8 Å². The molecule has 2 N–H and O–H groups in total. The van der Waals surface area contributed by atoms with E-state index in [1.807, 2.05) is 11.8 Å². The second kappa shape index (κ2) is 6.37. The number of piperidine rings is 1. The summed E-state index contributed by atoms with van der Waals surface area (Å²) in [6.07, 6.45) is 4.72. The predicted octanol–water partition coefficient (Wildman–Crippen LogP) is 1.60. The van der Waals surface area contributed by atoms with Crippen LogP contribution in [0.1, 0.15) is 52.9 Å². The van der Waals surface area contributed by atoms with E-state index in [-0.39, 0.29) is 5.91 Å². The van der Waals surface area contributed by atoms with E-state index in [0.29, 0.717) is 36.2 Å². The number of hydrogen-bond donors (Lipinski definition) is 1. The molecular formula is C18H30N4O2. The van der Waals surface area contributed by atoms with Crippen LogP contribution < -0.4 is 5.73 Å². The Kier molecular flexibility index (Phi) is 4.58. The van der Waals surface area contributed by atoms with Crippen molar-refractivity contribution in [3.05, 3.63) is 0 Å². The summed E-state index contributed by atoms with van der Waals surface area (Å²) in [4.78, 5) is 33.1. The summed E-state index contributed by atoms with van der Waals surface area (Å²) in [7, 11) is 0. The quantitative estimate of drug-likeness (QED) is 0.829. The Morgan fingerprint density at radius 3 is 2.46 bits per heavy atom. The summed E-state index contributed by atoms with van der Waals surface area (Å²) in [5, 5.41) is 0. The van der Waals surface area contributed by atoms with Crippen molar-refractivity contribution in [1.82, 2.24) is 9.80 Å². The molecule has 1 atom stereocenters. The van der Waals surface area contributed by atoms with E-state index in [1.54, 1.807) is 4.90 Å². The summed E-state index contributed by atoms with van der Waals surface area (Å²) in [5.41, 5.74) is 5.34. The van der Waals surface area contributed by atoms with Crippen molar-refractivity contribution >= 4 is 17.8 Å². The number of guanidine groups is 1. The van der Waals surface area contributed by atoms with Crippen molar-refractivity contribution in [1.29, 1.82) is 0 Å². The lowest BCUT2D eigenvalue weighted by Crippen LogP contribution is -2.48. The third kappa shape index (κ3) is 3.42. The Morgan fingerprint density at radius 2 is 1.92 bits per heavy atom. The molecule has 2 fully saturated rings. The van der Waals surface area contributed by atoms with Crippen molar-refractivity contribution in [3.63, 3.8) is 0 Å². The van der Waals surface area contributed by atoms with Crippen LogP contribution in [-0.2, 0) is 9.59 Å². The van der Waals surface area contributed by atoms with E-state index in [2.05, 4.69) is 18.8 Å². The van der Waals surface area contributed by atoms with Gasteiger partial charge in [-0.1, -0.05) is 13.8 Å².